The summed E-state index contributed by atoms with van der Waals surface area (Å²) in [5, 5.41) is 15.6. The number of halogens is 1. The van der Waals surface area contributed by atoms with Crippen LogP contribution < -0.4 is 16.9 Å². The number of alkyl halides is 1. The van der Waals surface area contributed by atoms with Gasteiger partial charge in [-0.15, -0.1) is 10.2 Å². The predicted molar refractivity (Wildman–Crippen MR) is 134 cm³/mol. The van der Waals surface area contributed by atoms with Crippen LogP contribution in [0.15, 0.2) is 15.9 Å². The number of hydrogen-bond donors (Lipinski definition) is 4. The van der Waals surface area contributed by atoms with Crippen LogP contribution in [-0.2, 0) is 30.3 Å². The van der Waals surface area contributed by atoms with Gasteiger partial charge in [0.25, 0.3) is 11.1 Å². The van der Waals surface area contributed by atoms with Crippen LogP contribution in [0.4, 0.5) is 10.3 Å². The Balaban J connectivity index is 1.18. The summed E-state index contributed by atoms with van der Waals surface area (Å²) in [6, 6.07) is 0. The van der Waals surface area contributed by atoms with Crippen molar-refractivity contribution in [2.45, 2.75) is 56.2 Å². The quantitative estimate of drug-likeness (QED) is 0.206. The predicted octanol–water partition coefficient (Wildman–Crippen LogP) is -0.823. The zero-order valence-corrected chi connectivity index (χ0v) is 21.9. The maximum Gasteiger partial charge on any atom is 0.325 e. The molecule has 5 N–H and O–H groups in total. The number of H-pyrrole nitrogens is 2. The van der Waals surface area contributed by atoms with E-state index in [0.717, 1.165) is 4.68 Å². The summed E-state index contributed by atoms with van der Waals surface area (Å²) >= 11 is 5.25. The highest BCUT2D eigenvalue weighted by Gasteiger charge is 2.50. The molecule has 3 aliphatic rings. The summed E-state index contributed by atoms with van der Waals surface area (Å²) in [4.78, 5) is 48.1. The highest BCUT2D eigenvalue weighted by atomic mass is 32.5. The lowest BCUT2D eigenvalue weighted by Crippen LogP contribution is -2.28. The molecular weight excluding hydrogens is 576 g/mol. The minimum Gasteiger partial charge on any atom is -0.369 e. The normalized spacial score (nSPS) is 34.7. The molecule has 0 spiro atoms. The molecule has 3 saturated heterocycles. The van der Waals surface area contributed by atoms with Crippen molar-refractivity contribution in [3.05, 3.63) is 27.0 Å². The van der Waals surface area contributed by atoms with Crippen LogP contribution in [-0.4, -0.2) is 85.9 Å². The van der Waals surface area contributed by atoms with Crippen molar-refractivity contribution in [3.63, 3.8) is 0 Å². The van der Waals surface area contributed by atoms with E-state index >= 15 is 4.39 Å². The SMILES string of the molecule is Nc1nc2c(nnn2[C@@H]2OC3CC[C@H]4[C@H](F)[C@H](n5nnc6c(=O)[nH]cnc65)O[C@@H]4COP(O)(=S)O[C@@H]2C3)c(=O)[nH]1. The molecule has 4 aromatic rings. The Kier molecular flexibility index (Phi) is 6.04. The molecular formula is C19H21FN11O7PS. The van der Waals surface area contributed by atoms with Gasteiger partial charge >= 0.3 is 6.72 Å². The summed E-state index contributed by atoms with van der Waals surface area (Å²) in [6.07, 6.45) is -3.86. The Bertz CT molecular complexity index is 1780. The standard InChI is InChI=1S/C19H21FN11O7PS/c20-10-7-2-1-6-3-8(17(36-6)31-14-12(27-29-31)16(33)25-19(21)24-14)38-39(34,40)35-4-9(7)37-18(10)30-13-11(26-28-30)15(32)23-5-22-13/h5-10,17-18H,1-4H2,(H,34,40)(H,22,23,32)(H3,21,24,25,33)/t6?,7-,8-,9-,10+,17-,18-,39?/m1/s1. The number of rotatable bonds is 2. The topological polar surface area (TPSA) is 236 Å². The van der Waals surface area contributed by atoms with Gasteiger partial charge in [-0.3, -0.25) is 14.6 Å². The molecule has 2 unspecified atom stereocenters. The van der Waals surface area contributed by atoms with Gasteiger partial charge in [0.2, 0.25) is 5.95 Å². The van der Waals surface area contributed by atoms with Crippen LogP contribution >= 0.6 is 6.72 Å². The molecule has 212 valence electrons. The number of aromatic amines is 2. The smallest absolute Gasteiger partial charge is 0.325 e. The third kappa shape index (κ3) is 4.23. The van der Waals surface area contributed by atoms with Crippen molar-refractivity contribution in [1.82, 2.24) is 49.9 Å². The van der Waals surface area contributed by atoms with Gasteiger partial charge in [0.05, 0.1) is 25.1 Å². The minimum absolute atomic E-state index is 0.0569. The zero-order valence-electron chi connectivity index (χ0n) is 20.2. The number of anilines is 1. The third-order valence-corrected chi connectivity index (χ3v) is 8.80. The summed E-state index contributed by atoms with van der Waals surface area (Å²) in [5.41, 5.74) is 4.60. The van der Waals surface area contributed by atoms with Gasteiger partial charge in [-0.2, -0.15) is 14.3 Å². The summed E-state index contributed by atoms with van der Waals surface area (Å²) in [7, 11) is 0. The largest absolute Gasteiger partial charge is 0.369 e. The average molecular weight is 597 g/mol. The van der Waals surface area contributed by atoms with Crippen LogP contribution in [0.25, 0.3) is 22.3 Å². The first kappa shape index (κ1) is 25.7. The number of nitrogen functional groups attached to an aromatic ring is 1. The van der Waals surface area contributed by atoms with Gasteiger partial charge in [0.15, 0.2) is 41.0 Å². The van der Waals surface area contributed by atoms with Gasteiger partial charge in [-0.05, 0) is 24.6 Å². The number of nitrogens with two attached hydrogens (primary N) is 1. The molecule has 40 heavy (non-hydrogen) atoms. The van der Waals surface area contributed by atoms with Gasteiger partial charge in [0, 0.05) is 12.3 Å². The van der Waals surface area contributed by atoms with Crippen LogP contribution in [0.2, 0.25) is 0 Å². The van der Waals surface area contributed by atoms with E-state index in [1.807, 2.05) is 0 Å². The molecule has 0 saturated carbocycles. The number of ether oxygens (including phenoxy) is 2. The molecule has 3 aliphatic heterocycles. The van der Waals surface area contributed by atoms with Crippen LogP contribution in [0, 0.1) is 5.92 Å². The Labute approximate surface area is 226 Å². The van der Waals surface area contributed by atoms with E-state index < -0.39 is 60.7 Å². The fraction of sp³-hybridized carbons (Fsp3) is 0.579. The van der Waals surface area contributed by atoms with Crippen molar-refractivity contribution in [2.75, 3.05) is 12.3 Å². The van der Waals surface area contributed by atoms with Gasteiger partial charge in [-0.1, -0.05) is 10.4 Å². The number of hydrogen-bond acceptors (Lipinski definition) is 14. The zero-order chi connectivity index (χ0) is 27.8. The Morgan fingerprint density at radius 3 is 2.62 bits per heavy atom. The van der Waals surface area contributed by atoms with Crippen LogP contribution in [0.5, 0.6) is 0 Å². The monoisotopic (exact) mass is 597 g/mol. The van der Waals surface area contributed by atoms with Gasteiger partial charge in [0.1, 0.15) is 6.10 Å². The molecule has 7 heterocycles. The summed E-state index contributed by atoms with van der Waals surface area (Å²) in [6.45, 7) is -4.16. The van der Waals surface area contributed by atoms with E-state index in [1.165, 1.54) is 11.0 Å². The molecule has 0 aliphatic carbocycles. The minimum atomic E-state index is -3.90. The molecule has 8 atom stereocenters. The maximum absolute atomic E-state index is 15.9. The first-order valence-corrected chi connectivity index (χ1v) is 14.8. The average Bonchev–Trinajstić information content (AvgIpc) is 3.66. The second kappa shape index (κ2) is 9.40. The number of fused-ring (bicyclic) bond motifs is 5. The van der Waals surface area contributed by atoms with Gasteiger partial charge in [-0.25, -0.2) is 9.37 Å². The Morgan fingerprint density at radius 2 is 1.82 bits per heavy atom. The first-order valence-electron chi connectivity index (χ1n) is 12.2. The second-order valence-electron chi connectivity index (χ2n) is 9.64. The van der Waals surface area contributed by atoms with E-state index in [1.54, 1.807) is 0 Å². The van der Waals surface area contributed by atoms with Crippen molar-refractivity contribution < 1.29 is 27.8 Å². The van der Waals surface area contributed by atoms with Crippen molar-refractivity contribution in [2.24, 2.45) is 5.92 Å². The fourth-order valence-corrected chi connectivity index (χ4v) is 6.85. The van der Waals surface area contributed by atoms with Crippen molar-refractivity contribution in [1.29, 1.82) is 0 Å². The lowest BCUT2D eigenvalue weighted by Gasteiger charge is -2.26. The molecule has 0 aromatic carbocycles. The lowest BCUT2D eigenvalue weighted by atomic mass is 9.92. The first-order chi connectivity index (χ1) is 19.2. The van der Waals surface area contributed by atoms with Gasteiger partial charge < -0.3 is 34.1 Å². The van der Waals surface area contributed by atoms with E-state index in [-0.39, 0.29) is 41.3 Å². The third-order valence-electron chi connectivity index (χ3n) is 7.21. The van der Waals surface area contributed by atoms with E-state index in [2.05, 4.69) is 40.6 Å². The Morgan fingerprint density at radius 1 is 1.07 bits per heavy atom. The highest BCUT2D eigenvalue weighted by molar-refractivity contribution is 8.07. The van der Waals surface area contributed by atoms with Crippen molar-refractivity contribution >= 4 is 46.8 Å². The molecule has 21 heteroatoms. The van der Waals surface area contributed by atoms with E-state index in [0.29, 0.717) is 12.8 Å². The molecule has 0 amide bonds. The molecule has 0 radical (unpaired) electrons. The number of nitrogens with zero attached hydrogens (tertiary/aromatic N) is 8. The molecule has 7 rings (SSSR count). The van der Waals surface area contributed by atoms with Crippen LogP contribution in [0.1, 0.15) is 31.7 Å². The Hall–Kier alpha value is -3.26. The lowest BCUT2D eigenvalue weighted by molar-refractivity contribution is -0.0588. The maximum atomic E-state index is 15.9. The number of aromatic nitrogens is 10. The molecule has 2 bridgehead atoms. The fourth-order valence-electron chi connectivity index (χ4n) is 5.41. The summed E-state index contributed by atoms with van der Waals surface area (Å²) in [5.74, 6) is -0.860. The number of nitrogens with one attached hydrogen (secondary N) is 2. The second-order valence-corrected chi connectivity index (χ2v) is 12.4. The molecule has 4 aromatic heterocycles. The van der Waals surface area contributed by atoms with Crippen molar-refractivity contribution in [3.8, 4) is 0 Å². The highest BCUT2D eigenvalue weighted by Crippen LogP contribution is 2.52. The van der Waals surface area contributed by atoms with E-state index in [9.17, 15) is 14.5 Å². The molecule has 18 nitrogen and oxygen atoms in total. The summed E-state index contributed by atoms with van der Waals surface area (Å²) < 4.78 is 41.9. The van der Waals surface area contributed by atoms with E-state index in [4.69, 9.17) is 36.1 Å². The van der Waals surface area contributed by atoms with Crippen LogP contribution in [0.3, 0.4) is 0 Å². The molecule has 3 fully saturated rings.